The SMILES string of the molecule is CCCc1cc2c(NC3CCC(O)CC3)c(Br)cnc2n1S(=O)(=O)c1ccc(C)cc1. The molecule has 1 fully saturated rings. The quantitative estimate of drug-likeness (QED) is 0.491. The average Bonchev–Trinajstić information content (AvgIpc) is 3.11. The third-order valence-corrected chi connectivity index (χ3v) is 8.28. The number of aliphatic hydroxyl groups is 1. The van der Waals surface area contributed by atoms with E-state index in [1.807, 2.05) is 32.0 Å². The number of benzene rings is 1. The molecule has 3 aromatic rings. The van der Waals surface area contributed by atoms with Crippen LogP contribution in [0, 0.1) is 6.92 Å². The van der Waals surface area contributed by atoms with Gasteiger partial charge in [-0.15, -0.1) is 0 Å². The molecule has 2 heterocycles. The second-order valence-electron chi connectivity index (χ2n) is 8.34. The van der Waals surface area contributed by atoms with Crippen molar-refractivity contribution < 1.29 is 13.5 Å². The van der Waals surface area contributed by atoms with E-state index >= 15 is 0 Å². The van der Waals surface area contributed by atoms with Crippen molar-refractivity contribution in [3.8, 4) is 0 Å². The number of pyridine rings is 1. The van der Waals surface area contributed by atoms with Crippen LogP contribution in [0.25, 0.3) is 11.0 Å². The first-order valence-electron chi connectivity index (χ1n) is 10.8. The van der Waals surface area contributed by atoms with E-state index < -0.39 is 10.0 Å². The molecule has 4 rings (SSSR count). The zero-order chi connectivity index (χ0) is 22.2. The molecule has 0 unspecified atom stereocenters. The van der Waals surface area contributed by atoms with E-state index in [1.165, 1.54) is 3.97 Å². The van der Waals surface area contributed by atoms with Gasteiger partial charge in [-0.05, 0) is 73.2 Å². The van der Waals surface area contributed by atoms with E-state index in [0.29, 0.717) is 12.1 Å². The molecule has 0 aliphatic heterocycles. The predicted molar refractivity (Wildman–Crippen MR) is 127 cm³/mol. The Labute approximate surface area is 191 Å². The third-order valence-electron chi connectivity index (χ3n) is 5.92. The minimum absolute atomic E-state index is 0.226. The summed E-state index contributed by atoms with van der Waals surface area (Å²) >= 11 is 3.60. The molecular formula is C23H28BrN3O3S. The summed E-state index contributed by atoms with van der Waals surface area (Å²) in [5.41, 5.74) is 3.04. The van der Waals surface area contributed by atoms with Crippen LogP contribution in [-0.4, -0.2) is 34.6 Å². The Morgan fingerprint density at radius 3 is 2.52 bits per heavy atom. The van der Waals surface area contributed by atoms with Crippen LogP contribution in [0.2, 0.25) is 0 Å². The Morgan fingerprint density at radius 2 is 1.87 bits per heavy atom. The van der Waals surface area contributed by atoms with Crippen molar-refractivity contribution in [2.45, 2.75) is 69.4 Å². The lowest BCUT2D eigenvalue weighted by Crippen LogP contribution is -2.28. The smallest absolute Gasteiger partial charge is 0.269 e. The molecule has 1 aromatic carbocycles. The predicted octanol–water partition coefficient (Wildman–Crippen LogP) is 5.01. The first kappa shape index (κ1) is 22.3. The molecule has 0 atom stereocenters. The highest BCUT2D eigenvalue weighted by Gasteiger charge is 2.27. The summed E-state index contributed by atoms with van der Waals surface area (Å²) in [6, 6.07) is 9.10. The first-order valence-corrected chi connectivity index (χ1v) is 13.0. The van der Waals surface area contributed by atoms with Gasteiger partial charge in [0.1, 0.15) is 0 Å². The molecule has 166 valence electrons. The van der Waals surface area contributed by atoms with Gasteiger partial charge in [0, 0.05) is 23.3 Å². The lowest BCUT2D eigenvalue weighted by atomic mass is 9.93. The number of hydrogen-bond acceptors (Lipinski definition) is 5. The molecule has 8 heteroatoms. The number of rotatable bonds is 6. The van der Waals surface area contributed by atoms with Crippen molar-refractivity contribution in [1.82, 2.24) is 8.96 Å². The zero-order valence-corrected chi connectivity index (χ0v) is 20.2. The monoisotopic (exact) mass is 505 g/mol. The minimum Gasteiger partial charge on any atom is -0.393 e. The van der Waals surface area contributed by atoms with Crippen molar-refractivity contribution in [3.63, 3.8) is 0 Å². The van der Waals surface area contributed by atoms with Crippen LogP contribution >= 0.6 is 15.9 Å². The summed E-state index contributed by atoms with van der Waals surface area (Å²) in [5.74, 6) is 0. The molecule has 0 amide bonds. The minimum atomic E-state index is -3.78. The van der Waals surface area contributed by atoms with Crippen molar-refractivity contribution in [3.05, 3.63) is 52.3 Å². The lowest BCUT2D eigenvalue weighted by Gasteiger charge is -2.27. The molecule has 0 radical (unpaired) electrons. The van der Waals surface area contributed by atoms with E-state index in [-0.39, 0.29) is 17.0 Å². The van der Waals surface area contributed by atoms with E-state index in [9.17, 15) is 13.5 Å². The fourth-order valence-corrected chi connectivity index (χ4v) is 6.18. The standard InChI is InChI=1S/C23H28BrN3O3S/c1-3-4-17-13-20-22(26-16-7-9-18(28)10-8-16)21(24)14-25-23(20)27(17)31(29,30)19-11-5-15(2)6-12-19/h5-6,11-14,16,18,28H,3-4,7-10H2,1-2H3,(H,25,26). The molecule has 0 saturated heterocycles. The summed E-state index contributed by atoms with van der Waals surface area (Å²) < 4.78 is 29.4. The van der Waals surface area contributed by atoms with Crippen LogP contribution in [0.4, 0.5) is 5.69 Å². The van der Waals surface area contributed by atoms with Crippen molar-refractivity contribution in [2.24, 2.45) is 0 Å². The van der Waals surface area contributed by atoms with Crippen LogP contribution in [0.5, 0.6) is 0 Å². The van der Waals surface area contributed by atoms with Gasteiger partial charge < -0.3 is 10.4 Å². The number of aromatic nitrogens is 2. The highest BCUT2D eigenvalue weighted by atomic mass is 79.9. The molecule has 2 N–H and O–H groups in total. The molecule has 0 spiro atoms. The fraction of sp³-hybridized carbons (Fsp3) is 0.435. The van der Waals surface area contributed by atoms with Crippen LogP contribution in [0.15, 0.2) is 45.9 Å². The van der Waals surface area contributed by atoms with Crippen LogP contribution in [0.3, 0.4) is 0 Å². The van der Waals surface area contributed by atoms with Gasteiger partial charge in [0.05, 0.1) is 21.2 Å². The van der Waals surface area contributed by atoms with Gasteiger partial charge in [-0.25, -0.2) is 17.4 Å². The molecule has 1 aliphatic rings. The molecule has 31 heavy (non-hydrogen) atoms. The van der Waals surface area contributed by atoms with Gasteiger partial charge in [-0.1, -0.05) is 31.0 Å². The maximum Gasteiger partial charge on any atom is 0.269 e. The van der Waals surface area contributed by atoms with Crippen LogP contribution in [0.1, 0.15) is 50.3 Å². The number of nitrogens with one attached hydrogen (secondary N) is 1. The van der Waals surface area contributed by atoms with E-state index in [0.717, 1.165) is 58.9 Å². The lowest BCUT2D eigenvalue weighted by molar-refractivity contribution is 0.126. The van der Waals surface area contributed by atoms with Crippen LogP contribution < -0.4 is 5.32 Å². The highest BCUT2D eigenvalue weighted by molar-refractivity contribution is 9.10. The number of fused-ring (bicyclic) bond motifs is 1. The molecule has 1 aliphatic carbocycles. The Morgan fingerprint density at radius 1 is 1.19 bits per heavy atom. The second kappa shape index (κ2) is 8.92. The summed E-state index contributed by atoms with van der Waals surface area (Å²) in [6.07, 6.45) is 6.19. The van der Waals surface area contributed by atoms with Crippen molar-refractivity contribution in [2.75, 3.05) is 5.32 Å². The molecule has 2 aromatic heterocycles. The molecule has 1 saturated carbocycles. The number of nitrogens with zero attached hydrogens (tertiary/aromatic N) is 2. The number of aryl methyl sites for hydroxylation is 2. The van der Waals surface area contributed by atoms with Crippen molar-refractivity contribution in [1.29, 1.82) is 0 Å². The van der Waals surface area contributed by atoms with Gasteiger partial charge in [-0.3, -0.25) is 0 Å². The van der Waals surface area contributed by atoms with E-state index in [4.69, 9.17) is 0 Å². The molecular weight excluding hydrogens is 478 g/mol. The fourth-order valence-electron chi connectivity index (χ4n) is 4.24. The maximum absolute atomic E-state index is 13.6. The number of hydrogen-bond donors (Lipinski definition) is 2. The Kier molecular flexibility index (Phi) is 6.42. The number of anilines is 1. The number of halogens is 1. The topological polar surface area (TPSA) is 84.2 Å². The Bertz CT molecular complexity index is 1180. The van der Waals surface area contributed by atoms with E-state index in [1.54, 1.807) is 18.3 Å². The highest BCUT2D eigenvalue weighted by Crippen LogP contribution is 2.36. The summed E-state index contributed by atoms with van der Waals surface area (Å²) in [4.78, 5) is 4.77. The second-order valence-corrected chi connectivity index (χ2v) is 11.0. The largest absolute Gasteiger partial charge is 0.393 e. The summed E-state index contributed by atoms with van der Waals surface area (Å²) in [7, 11) is -3.78. The maximum atomic E-state index is 13.6. The average molecular weight is 506 g/mol. The summed E-state index contributed by atoms with van der Waals surface area (Å²) in [5, 5.41) is 14.2. The Balaban J connectivity index is 1.84. The Hall–Kier alpha value is -1.90. The first-order chi connectivity index (χ1) is 14.8. The van der Waals surface area contributed by atoms with Crippen LogP contribution in [-0.2, 0) is 16.4 Å². The zero-order valence-electron chi connectivity index (χ0n) is 17.8. The molecule has 0 bridgehead atoms. The third kappa shape index (κ3) is 4.38. The van der Waals surface area contributed by atoms with Gasteiger partial charge in [0.15, 0.2) is 5.65 Å². The van der Waals surface area contributed by atoms with E-state index in [2.05, 4.69) is 26.2 Å². The molecule has 6 nitrogen and oxygen atoms in total. The summed E-state index contributed by atoms with van der Waals surface area (Å²) in [6.45, 7) is 3.97. The van der Waals surface area contributed by atoms with Gasteiger partial charge in [0.25, 0.3) is 10.0 Å². The normalized spacial score (nSPS) is 19.6. The van der Waals surface area contributed by atoms with Gasteiger partial charge in [-0.2, -0.15) is 0 Å². The number of aliphatic hydroxyl groups excluding tert-OH is 1. The van der Waals surface area contributed by atoms with Gasteiger partial charge >= 0.3 is 0 Å². The van der Waals surface area contributed by atoms with Crippen molar-refractivity contribution >= 4 is 42.7 Å². The van der Waals surface area contributed by atoms with Gasteiger partial charge in [0.2, 0.25) is 0 Å².